The first kappa shape index (κ1) is 17.9. The van der Waals surface area contributed by atoms with Crippen molar-refractivity contribution in [1.82, 2.24) is 9.62 Å². The second-order valence-corrected chi connectivity index (χ2v) is 7.19. The zero-order valence-electron chi connectivity index (χ0n) is 11.5. The van der Waals surface area contributed by atoms with E-state index in [-0.39, 0.29) is 19.0 Å². The Morgan fingerprint density at radius 3 is 2.38 bits per heavy atom. The lowest BCUT2D eigenvalue weighted by Crippen LogP contribution is -2.35. The summed E-state index contributed by atoms with van der Waals surface area (Å²) in [5.41, 5.74) is 0.357. The minimum Gasteiger partial charge on any atom is -0.340 e. The number of benzene rings is 1. The number of alkyl halides is 2. The van der Waals surface area contributed by atoms with Gasteiger partial charge in [0, 0.05) is 30.6 Å². The molecule has 0 saturated heterocycles. The molecule has 1 aromatic rings. The van der Waals surface area contributed by atoms with Gasteiger partial charge < -0.3 is 4.90 Å². The number of sulfonamides is 1. The Morgan fingerprint density at radius 2 is 1.90 bits per heavy atom. The highest BCUT2D eigenvalue weighted by Crippen LogP contribution is 2.25. The van der Waals surface area contributed by atoms with E-state index in [1.807, 2.05) is 0 Å². The normalized spacial score (nSPS) is 11.7. The van der Waals surface area contributed by atoms with Gasteiger partial charge in [0.05, 0.1) is 6.26 Å². The maximum Gasteiger partial charge on any atom is 0.288 e. The van der Waals surface area contributed by atoms with E-state index in [0.29, 0.717) is 22.2 Å². The molecule has 1 N–H and O–H groups in total. The first-order valence-corrected chi connectivity index (χ1v) is 8.71. The van der Waals surface area contributed by atoms with Crippen LogP contribution in [0, 0.1) is 0 Å². The van der Waals surface area contributed by atoms with Gasteiger partial charge in [-0.1, -0.05) is 11.8 Å². The van der Waals surface area contributed by atoms with Gasteiger partial charge in [0.1, 0.15) is 0 Å². The molecule has 0 spiro atoms. The topological polar surface area (TPSA) is 66.5 Å². The molecule has 0 aromatic heterocycles. The fraction of sp³-hybridized carbons (Fsp3) is 0.417. The predicted molar refractivity (Wildman–Crippen MR) is 78.1 cm³/mol. The van der Waals surface area contributed by atoms with Crippen LogP contribution in [0.15, 0.2) is 29.2 Å². The highest BCUT2D eigenvalue weighted by molar-refractivity contribution is 7.99. The number of carbonyl (C=O) groups is 1. The highest BCUT2D eigenvalue weighted by Gasteiger charge is 2.13. The number of amides is 1. The summed E-state index contributed by atoms with van der Waals surface area (Å²) in [6.45, 7) is 0.319. The molecule has 0 fully saturated rings. The minimum atomic E-state index is -3.29. The quantitative estimate of drug-likeness (QED) is 0.767. The van der Waals surface area contributed by atoms with Crippen molar-refractivity contribution in [3.8, 4) is 0 Å². The summed E-state index contributed by atoms with van der Waals surface area (Å²) < 4.78 is 48.4. The molecule has 0 heterocycles. The number of nitrogens with zero attached hydrogens (tertiary/aromatic N) is 1. The molecule has 118 valence electrons. The van der Waals surface area contributed by atoms with Crippen molar-refractivity contribution >= 4 is 27.7 Å². The van der Waals surface area contributed by atoms with E-state index in [1.54, 1.807) is 0 Å². The van der Waals surface area contributed by atoms with Crippen molar-refractivity contribution in [2.24, 2.45) is 0 Å². The van der Waals surface area contributed by atoms with Gasteiger partial charge in [-0.2, -0.15) is 8.78 Å². The number of halogens is 2. The van der Waals surface area contributed by atoms with Gasteiger partial charge in [-0.15, -0.1) is 0 Å². The van der Waals surface area contributed by atoms with Crippen molar-refractivity contribution < 1.29 is 22.0 Å². The Labute approximate surface area is 126 Å². The van der Waals surface area contributed by atoms with Crippen LogP contribution in [0.5, 0.6) is 0 Å². The van der Waals surface area contributed by atoms with Crippen LogP contribution in [-0.4, -0.2) is 51.4 Å². The van der Waals surface area contributed by atoms with Crippen molar-refractivity contribution in [2.75, 3.05) is 26.4 Å². The van der Waals surface area contributed by atoms with E-state index in [0.717, 1.165) is 6.26 Å². The van der Waals surface area contributed by atoms with Gasteiger partial charge >= 0.3 is 0 Å². The summed E-state index contributed by atoms with van der Waals surface area (Å²) in [6.07, 6.45) is 1.04. The molecule has 5 nitrogen and oxygen atoms in total. The zero-order valence-corrected chi connectivity index (χ0v) is 13.2. The fourth-order valence-electron chi connectivity index (χ4n) is 1.50. The molecule has 1 rings (SSSR count). The fourth-order valence-corrected chi connectivity index (χ4v) is 2.46. The lowest BCUT2D eigenvalue weighted by molar-refractivity contribution is 0.0797. The Bertz CT molecular complexity index is 577. The molecule has 0 bridgehead atoms. The number of carbonyl (C=O) groups excluding carboxylic acids is 1. The smallest absolute Gasteiger partial charge is 0.288 e. The second kappa shape index (κ2) is 7.71. The van der Waals surface area contributed by atoms with Crippen molar-refractivity contribution in [2.45, 2.75) is 10.7 Å². The molecule has 0 aliphatic carbocycles. The molecule has 1 amide bonds. The van der Waals surface area contributed by atoms with E-state index >= 15 is 0 Å². The maximum atomic E-state index is 12.2. The average molecular weight is 338 g/mol. The number of nitrogens with one attached hydrogen (secondary N) is 1. The van der Waals surface area contributed by atoms with Crippen LogP contribution in [0.2, 0.25) is 0 Å². The van der Waals surface area contributed by atoms with Gasteiger partial charge in [0.25, 0.3) is 11.7 Å². The van der Waals surface area contributed by atoms with Gasteiger partial charge in [-0.05, 0) is 24.3 Å². The van der Waals surface area contributed by atoms with Crippen molar-refractivity contribution in [1.29, 1.82) is 0 Å². The van der Waals surface area contributed by atoms with Crippen LogP contribution in [0.4, 0.5) is 8.78 Å². The zero-order chi connectivity index (χ0) is 16.0. The van der Waals surface area contributed by atoms with E-state index in [1.165, 1.54) is 36.2 Å². The van der Waals surface area contributed by atoms with Crippen LogP contribution in [0.25, 0.3) is 0 Å². The summed E-state index contributed by atoms with van der Waals surface area (Å²) in [6, 6.07) is 5.83. The minimum absolute atomic E-state index is 0.111. The van der Waals surface area contributed by atoms with E-state index < -0.39 is 15.8 Å². The van der Waals surface area contributed by atoms with Gasteiger partial charge in [0.2, 0.25) is 10.0 Å². The molecular weight excluding hydrogens is 322 g/mol. The number of hydrogen-bond donors (Lipinski definition) is 1. The van der Waals surface area contributed by atoms with Crippen LogP contribution in [-0.2, 0) is 10.0 Å². The summed E-state index contributed by atoms with van der Waals surface area (Å²) in [7, 11) is -1.75. The van der Waals surface area contributed by atoms with Crippen LogP contribution in [0.3, 0.4) is 0 Å². The number of hydrogen-bond acceptors (Lipinski definition) is 4. The predicted octanol–water partition coefficient (Wildman–Crippen LogP) is 1.62. The van der Waals surface area contributed by atoms with Crippen LogP contribution in [0.1, 0.15) is 10.4 Å². The largest absolute Gasteiger partial charge is 0.340 e. The van der Waals surface area contributed by atoms with Gasteiger partial charge in [-0.25, -0.2) is 13.1 Å². The summed E-state index contributed by atoms with van der Waals surface area (Å²) in [5.74, 6) is -2.81. The van der Waals surface area contributed by atoms with E-state index in [4.69, 9.17) is 0 Å². The monoisotopic (exact) mass is 338 g/mol. The Balaban J connectivity index is 2.57. The van der Waals surface area contributed by atoms with Crippen LogP contribution >= 0.6 is 11.8 Å². The van der Waals surface area contributed by atoms with Crippen LogP contribution < -0.4 is 4.72 Å². The van der Waals surface area contributed by atoms with Gasteiger partial charge in [-0.3, -0.25) is 4.79 Å². The molecule has 0 radical (unpaired) electrons. The van der Waals surface area contributed by atoms with Crippen molar-refractivity contribution in [3.63, 3.8) is 0 Å². The van der Waals surface area contributed by atoms with E-state index in [2.05, 4.69) is 4.72 Å². The number of thioether (sulfide) groups is 1. The molecule has 0 saturated carbocycles. The molecule has 9 heteroatoms. The molecule has 0 atom stereocenters. The SMILES string of the molecule is CN(CCNS(C)(=O)=O)C(=O)c1ccc(SC(F)F)cc1. The highest BCUT2D eigenvalue weighted by atomic mass is 32.2. The first-order valence-electron chi connectivity index (χ1n) is 5.94. The summed E-state index contributed by atoms with van der Waals surface area (Å²) in [5, 5.41) is 0. The van der Waals surface area contributed by atoms with Crippen molar-refractivity contribution in [3.05, 3.63) is 29.8 Å². The van der Waals surface area contributed by atoms with Gasteiger partial charge in [0.15, 0.2) is 0 Å². The Morgan fingerprint density at radius 1 is 1.33 bits per heavy atom. The molecule has 0 unspecified atom stereocenters. The molecule has 0 aliphatic heterocycles. The third-order valence-electron chi connectivity index (χ3n) is 2.48. The molecule has 1 aromatic carbocycles. The number of likely N-dealkylation sites (N-methyl/N-ethyl adjacent to an activating group) is 1. The van der Waals surface area contributed by atoms with E-state index in [9.17, 15) is 22.0 Å². The molecule has 21 heavy (non-hydrogen) atoms. The summed E-state index contributed by atoms with van der Waals surface area (Å²) >= 11 is 0.409. The average Bonchev–Trinajstić information content (AvgIpc) is 2.36. The second-order valence-electron chi connectivity index (χ2n) is 4.30. The Kier molecular flexibility index (Phi) is 6.56. The molecule has 0 aliphatic rings. The number of rotatable bonds is 7. The first-order chi connectivity index (χ1) is 9.69. The third-order valence-corrected chi connectivity index (χ3v) is 3.94. The Hall–Kier alpha value is -1.19. The maximum absolute atomic E-state index is 12.2. The summed E-state index contributed by atoms with van der Waals surface area (Å²) in [4.78, 5) is 13.8. The lowest BCUT2D eigenvalue weighted by Gasteiger charge is -2.17. The molecular formula is C12H16F2N2O3S2. The third kappa shape index (κ3) is 6.87. The lowest BCUT2D eigenvalue weighted by atomic mass is 10.2. The standard InChI is InChI=1S/C12H16F2N2O3S2/c1-16(8-7-15-21(2,18)19)11(17)9-3-5-10(6-4-9)20-12(13)14/h3-6,12,15H,7-8H2,1-2H3.